The van der Waals surface area contributed by atoms with E-state index in [0.717, 1.165) is 12.1 Å². The molecule has 0 bridgehead atoms. The molecule has 3 aromatic rings. The van der Waals surface area contributed by atoms with Gasteiger partial charge in [-0.1, -0.05) is 18.2 Å². The molecule has 0 unspecified atom stereocenters. The number of carbonyl (C=O) groups is 1. The van der Waals surface area contributed by atoms with Gasteiger partial charge in [-0.3, -0.25) is 0 Å². The maximum absolute atomic E-state index is 12.8. The molecule has 0 spiro atoms. The summed E-state index contributed by atoms with van der Waals surface area (Å²) in [6, 6.07) is 10.4. The Kier molecular flexibility index (Phi) is 3.80. The number of nitrogens with zero attached hydrogens (tertiary/aromatic N) is 2. The lowest BCUT2D eigenvalue weighted by atomic mass is 10.1. The summed E-state index contributed by atoms with van der Waals surface area (Å²) < 4.78 is 43.7. The number of carboxylic acid groups (broad SMARTS) is 1. The average Bonchev–Trinajstić information content (AvgIpc) is 3.04. The van der Waals surface area contributed by atoms with Crippen LogP contribution in [0.25, 0.3) is 22.9 Å². The number of hydrogen-bond donors (Lipinski definition) is 1. The largest absolute Gasteiger partial charge is 0.478 e. The first-order valence-electron chi connectivity index (χ1n) is 6.70. The lowest BCUT2D eigenvalue weighted by Crippen LogP contribution is -2.04. The molecule has 3 rings (SSSR count). The highest BCUT2D eigenvalue weighted by molar-refractivity contribution is 5.94. The first kappa shape index (κ1) is 15.7. The van der Waals surface area contributed by atoms with Crippen molar-refractivity contribution in [2.75, 3.05) is 0 Å². The third kappa shape index (κ3) is 2.98. The van der Waals surface area contributed by atoms with Gasteiger partial charge >= 0.3 is 12.1 Å². The van der Waals surface area contributed by atoms with Gasteiger partial charge < -0.3 is 9.52 Å². The van der Waals surface area contributed by atoms with Gasteiger partial charge in [-0.25, -0.2) is 4.79 Å². The molecule has 5 nitrogen and oxygen atoms in total. The second kappa shape index (κ2) is 5.80. The van der Waals surface area contributed by atoms with Crippen molar-refractivity contribution in [2.45, 2.75) is 6.18 Å². The van der Waals surface area contributed by atoms with E-state index in [2.05, 4.69) is 10.2 Å². The molecule has 0 aliphatic heterocycles. The van der Waals surface area contributed by atoms with Gasteiger partial charge in [0, 0.05) is 5.56 Å². The van der Waals surface area contributed by atoms with Crippen molar-refractivity contribution < 1.29 is 27.5 Å². The fourth-order valence-electron chi connectivity index (χ4n) is 2.13. The van der Waals surface area contributed by atoms with E-state index in [1.807, 2.05) is 0 Å². The molecule has 0 saturated heterocycles. The van der Waals surface area contributed by atoms with Crippen LogP contribution in [0.5, 0.6) is 0 Å². The van der Waals surface area contributed by atoms with Crippen LogP contribution in [0.2, 0.25) is 0 Å². The molecule has 0 amide bonds. The molecule has 0 fully saturated rings. The van der Waals surface area contributed by atoms with Crippen LogP contribution in [0.1, 0.15) is 15.9 Å². The minimum Gasteiger partial charge on any atom is -0.478 e. The number of aromatic carboxylic acids is 1. The van der Waals surface area contributed by atoms with Crippen molar-refractivity contribution in [2.24, 2.45) is 0 Å². The fourth-order valence-corrected chi connectivity index (χ4v) is 2.13. The third-order valence-corrected chi connectivity index (χ3v) is 3.25. The van der Waals surface area contributed by atoms with E-state index < -0.39 is 17.7 Å². The molecule has 1 aromatic heterocycles. The molecule has 122 valence electrons. The second-order valence-electron chi connectivity index (χ2n) is 4.84. The maximum atomic E-state index is 12.8. The van der Waals surface area contributed by atoms with E-state index in [1.165, 1.54) is 30.3 Å². The Labute approximate surface area is 133 Å². The molecule has 24 heavy (non-hydrogen) atoms. The zero-order valence-corrected chi connectivity index (χ0v) is 11.9. The van der Waals surface area contributed by atoms with Crippen molar-refractivity contribution in [3.8, 4) is 22.9 Å². The molecule has 0 atom stereocenters. The maximum Gasteiger partial charge on any atom is 0.416 e. The summed E-state index contributed by atoms with van der Waals surface area (Å²) in [5.41, 5.74) is -0.602. The van der Waals surface area contributed by atoms with Gasteiger partial charge in [0.05, 0.1) is 16.7 Å². The number of hydrogen-bond acceptors (Lipinski definition) is 4. The molecule has 0 aliphatic rings. The van der Waals surface area contributed by atoms with Crippen LogP contribution < -0.4 is 0 Å². The highest BCUT2D eigenvalue weighted by atomic mass is 19.4. The zero-order valence-electron chi connectivity index (χ0n) is 11.9. The van der Waals surface area contributed by atoms with Gasteiger partial charge in [-0.2, -0.15) is 13.2 Å². The Morgan fingerprint density at radius 3 is 2.42 bits per heavy atom. The van der Waals surface area contributed by atoms with E-state index in [0.29, 0.717) is 0 Å². The Bertz CT molecular complexity index is 903. The third-order valence-electron chi connectivity index (χ3n) is 3.25. The average molecular weight is 334 g/mol. The van der Waals surface area contributed by atoms with Crippen LogP contribution >= 0.6 is 0 Å². The predicted molar refractivity (Wildman–Crippen MR) is 77.1 cm³/mol. The highest BCUT2D eigenvalue weighted by Crippen LogP contribution is 2.32. The Morgan fingerprint density at radius 2 is 1.71 bits per heavy atom. The van der Waals surface area contributed by atoms with Gasteiger partial charge in [-0.05, 0) is 30.3 Å². The summed E-state index contributed by atoms with van der Waals surface area (Å²) in [4.78, 5) is 11.2. The molecule has 2 aromatic carbocycles. The number of carboxylic acids is 1. The van der Waals surface area contributed by atoms with Gasteiger partial charge in [-0.15, -0.1) is 10.2 Å². The Hall–Kier alpha value is -3.16. The van der Waals surface area contributed by atoms with E-state index in [9.17, 15) is 18.0 Å². The summed E-state index contributed by atoms with van der Waals surface area (Å²) in [6.07, 6.45) is -4.49. The number of halogens is 3. The molecule has 8 heteroatoms. The van der Waals surface area contributed by atoms with E-state index in [1.54, 1.807) is 6.07 Å². The Morgan fingerprint density at radius 1 is 1.00 bits per heavy atom. The number of benzene rings is 2. The van der Waals surface area contributed by atoms with Crippen molar-refractivity contribution >= 4 is 5.97 Å². The van der Waals surface area contributed by atoms with Crippen LogP contribution in [0, 0.1) is 0 Å². The summed E-state index contributed by atoms with van der Waals surface area (Å²) in [5, 5.41) is 16.6. The smallest absolute Gasteiger partial charge is 0.416 e. The van der Waals surface area contributed by atoms with Crippen molar-refractivity contribution in [3.05, 3.63) is 59.7 Å². The normalized spacial score (nSPS) is 11.5. The van der Waals surface area contributed by atoms with Crippen LogP contribution in [0.3, 0.4) is 0 Å². The summed E-state index contributed by atoms with van der Waals surface area (Å²) in [7, 11) is 0. The van der Waals surface area contributed by atoms with E-state index >= 15 is 0 Å². The fraction of sp³-hybridized carbons (Fsp3) is 0.0625. The molecule has 0 radical (unpaired) electrons. The predicted octanol–water partition coefficient (Wildman–Crippen LogP) is 4.12. The minimum atomic E-state index is -4.49. The zero-order chi connectivity index (χ0) is 17.3. The second-order valence-corrected chi connectivity index (χ2v) is 4.84. The van der Waals surface area contributed by atoms with Crippen LogP contribution in [-0.2, 0) is 6.18 Å². The number of alkyl halides is 3. The van der Waals surface area contributed by atoms with E-state index in [4.69, 9.17) is 9.52 Å². The van der Waals surface area contributed by atoms with Gasteiger partial charge in [0.15, 0.2) is 0 Å². The minimum absolute atomic E-state index is 0.0447. The Balaban J connectivity index is 2.02. The first-order valence-corrected chi connectivity index (χ1v) is 6.70. The summed E-state index contributed by atoms with van der Waals surface area (Å²) >= 11 is 0. The molecule has 0 aliphatic carbocycles. The lowest BCUT2D eigenvalue weighted by Gasteiger charge is -2.06. The van der Waals surface area contributed by atoms with Gasteiger partial charge in [0.2, 0.25) is 11.8 Å². The van der Waals surface area contributed by atoms with Crippen molar-refractivity contribution in [3.63, 3.8) is 0 Å². The summed E-state index contributed by atoms with van der Waals surface area (Å²) in [6.45, 7) is 0. The van der Waals surface area contributed by atoms with Crippen LogP contribution in [0.4, 0.5) is 13.2 Å². The first-order chi connectivity index (χ1) is 11.4. The van der Waals surface area contributed by atoms with E-state index in [-0.39, 0.29) is 28.5 Å². The van der Waals surface area contributed by atoms with Crippen LogP contribution in [-0.4, -0.2) is 21.3 Å². The van der Waals surface area contributed by atoms with Crippen LogP contribution in [0.15, 0.2) is 52.9 Å². The molecule has 0 saturated carbocycles. The van der Waals surface area contributed by atoms with Gasteiger partial charge in [0.1, 0.15) is 0 Å². The SMILES string of the molecule is O=C(O)c1ccccc1-c1nnc(-c2cccc(C(F)(F)F)c2)o1. The topological polar surface area (TPSA) is 76.2 Å². The van der Waals surface area contributed by atoms with Crippen molar-refractivity contribution in [1.82, 2.24) is 10.2 Å². The monoisotopic (exact) mass is 334 g/mol. The molecule has 1 N–H and O–H groups in total. The quantitative estimate of drug-likeness (QED) is 0.780. The molecular formula is C16H9F3N2O3. The number of aromatic nitrogens is 2. The highest BCUT2D eigenvalue weighted by Gasteiger charge is 2.31. The number of rotatable bonds is 3. The molecular weight excluding hydrogens is 325 g/mol. The molecule has 1 heterocycles. The standard InChI is InChI=1S/C16H9F3N2O3/c17-16(18,19)10-5-3-4-9(8-10)13-20-21-14(24-13)11-6-1-2-7-12(11)15(22)23/h1-8H,(H,22,23). The lowest BCUT2D eigenvalue weighted by molar-refractivity contribution is -0.137. The summed E-state index contributed by atoms with van der Waals surface area (Å²) in [5.74, 6) is -1.39. The van der Waals surface area contributed by atoms with Gasteiger partial charge in [0.25, 0.3) is 0 Å². The van der Waals surface area contributed by atoms with Crippen molar-refractivity contribution in [1.29, 1.82) is 0 Å².